The Morgan fingerprint density at radius 2 is 1.02 bits per heavy atom. The smallest absolute Gasteiger partial charge is 0.0727 e. The number of hydrogen-bond acceptors (Lipinski definition) is 2. The summed E-state index contributed by atoms with van der Waals surface area (Å²) in [7, 11) is 0. The van der Waals surface area contributed by atoms with Crippen molar-refractivity contribution in [3.63, 3.8) is 0 Å². The van der Waals surface area contributed by atoms with Crippen LogP contribution in [0.3, 0.4) is 0 Å². The van der Waals surface area contributed by atoms with Crippen LogP contribution in [0.15, 0.2) is 164 Å². The van der Waals surface area contributed by atoms with E-state index in [2.05, 4.69) is 168 Å². The van der Waals surface area contributed by atoms with Crippen molar-refractivity contribution in [1.29, 1.82) is 0 Å². The second kappa shape index (κ2) is 10.5. The van der Waals surface area contributed by atoms with Crippen molar-refractivity contribution >= 4 is 74.1 Å². The maximum absolute atomic E-state index is 2.43. The topological polar surface area (TPSA) is 4.93 Å². The van der Waals surface area contributed by atoms with E-state index < -0.39 is 0 Å². The first-order valence-corrected chi connectivity index (χ1v) is 17.6. The molecule has 0 saturated heterocycles. The van der Waals surface area contributed by atoms with Gasteiger partial charge in [0.1, 0.15) is 0 Å². The monoisotopic (exact) mass is 633 g/mol. The summed E-state index contributed by atoms with van der Waals surface area (Å²) in [6, 6.07) is 59.8. The molecule has 0 atom stereocenters. The Morgan fingerprint density at radius 1 is 0.383 bits per heavy atom. The van der Waals surface area contributed by atoms with Crippen LogP contribution in [0.25, 0.3) is 90.4 Å². The lowest BCUT2D eigenvalue weighted by atomic mass is 9.96. The Hall–Kier alpha value is -5.48. The molecule has 47 heavy (non-hydrogen) atoms. The van der Waals surface area contributed by atoms with E-state index in [-0.39, 0.29) is 0 Å². The average molecular weight is 634 g/mol. The van der Waals surface area contributed by atoms with E-state index in [1.807, 2.05) is 22.7 Å². The molecule has 0 amide bonds. The fraction of sp³-hybridized carbons (Fsp3) is 0. The van der Waals surface area contributed by atoms with E-state index in [1.54, 1.807) is 0 Å². The summed E-state index contributed by atoms with van der Waals surface area (Å²) in [4.78, 5) is 0. The first-order chi connectivity index (χ1) is 23.3. The number of fused-ring (bicyclic) bond motifs is 8. The van der Waals surface area contributed by atoms with Gasteiger partial charge in [-0.25, -0.2) is 0 Å². The number of para-hydroxylation sites is 2. The highest BCUT2D eigenvalue weighted by Gasteiger charge is 2.18. The summed E-state index contributed by atoms with van der Waals surface area (Å²) < 4.78 is 7.76. The first kappa shape index (κ1) is 26.7. The van der Waals surface area contributed by atoms with Crippen LogP contribution >= 0.6 is 22.7 Å². The summed E-state index contributed by atoms with van der Waals surface area (Å²) in [5, 5.41) is 5.28. The second-order valence-corrected chi connectivity index (χ2v) is 14.2. The molecule has 0 unspecified atom stereocenters. The third-order valence-corrected chi connectivity index (χ3v) is 11.8. The Morgan fingerprint density at radius 3 is 1.87 bits per heavy atom. The molecule has 220 valence electrons. The van der Waals surface area contributed by atoms with Crippen LogP contribution in [0.5, 0.6) is 0 Å². The van der Waals surface area contributed by atoms with Gasteiger partial charge in [0.2, 0.25) is 0 Å². The van der Waals surface area contributed by atoms with Crippen LogP contribution in [0.1, 0.15) is 0 Å². The van der Waals surface area contributed by atoms with Crippen molar-refractivity contribution in [3.8, 4) is 39.1 Å². The van der Waals surface area contributed by atoms with E-state index in [4.69, 9.17) is 0 Å². The third-order valence-electron chi connectivity index (χ3n) is 9.43. The van der Waals surface area contributed by atoms with Crippen molar-refractivity contribution in [1.82, 2.24) is 4.57 Å². The molecule has 0 fully saturated rings. The zero-order valence-corrected chi connectivity index (χ0v) is 27.0. The van der Waals surface area contributed by atoms with E-state index in [9.17, 15) is 0 Å². The lowest BCUT2D eigenvalue weighted by Crippen LogP contribution is -1.92. The van der Waals surface area contributed by atoms with Crippen LogP contribution in [0.4, 0.5) is 0 Å². The summed E-state index contributed by atoms with van der Waals surface area (Å²) in [5.74, 6) is 0. The quantitative estimate of drug-likeness (QED) is 0.182. The number of thiophene rings is 2. The molecule has 3 heteroatoms. The highest BCUT2D eigenvalue weighted by atomic mass is 32.1. The van der Waals surface area contributed by atoms with Crippen molar-refractivity contribution in [2.75, 3.05) is 0 Å². The molecule has 0 N–H and O–H groups in total. The number of nitrogens with zero attached hydrogens (tertiary/aromatic N) is 1. The van der Waals surface area contributed by atoms with Gasteiger partial charge in [0, 0.05) is 41.3 Å². The molecule has 7 aromatic carbocycles. The van der Waals surface area contributed by atoms with Crippen molar-refractivity contribution in [2.24, 2.45) is 0 Å². The third kappa shape index (κ3) is 4.14. The van der Waals surface area contributed by atoms with Crippen LogP contribution in [0.2, 0.25) is 0 Å². The van der Waals surface area contributed by atoms with Gasteiger partial charge in [0.25, 0.3) is 0 Å². The molecule has 3 heterocycles. The lowest BCUT2D eigenvalue weighted by molar-refractivity contribution is 1.19. The SMILES string of the molecule is c1ccc(-c2cccc3c2sc2cccc(-c4ccc(-c5ccc6c(c5)sc5c7ccccc7n(-c7ccccc7)c65)cc4)c23)cc1. The van der Waals surface area contributed by atoms with Crippen LogP contribution in [0, 0.1) is 0 Å². The second-order valence-electron chi connectivity index (χ2n) is 12.1. The van der Waals surface area contributed by atoms with Gasteiger partial charge in [-0.05, 0) is 63.7 Å². The molecule has 10 aromatic rings. The molecular formula is C44H27NS2. The van der Waals surface area contributed by atoms with Gasteiger partial charge in [-0.1, -0.05) is 133 Å². The zero-order valence-electron chi connectivity index (χ0n) is 25.4. The highest BCUT2D eigenvalue weighted by Crippen LogP contribution is 2.45. The zero-order chi connectivity index (χ0) is 30.9. The van der Waals surface area contributed by atoms with E-state index >= 15 is 0 Å². The van der Waals surface area contributed by atoms with Gasteiger partial charge in [0.05, 0.1) is 15.7 Å². The molecule has 10 rings (SSSR count). The summed E-state index contributed by atoms with van der Waals surface area (Å²) >= 11 is 3.79. The van der Waals surface area contributed by atoms with Gasteiger partial charge in [-0.15, -0.1) is 22.7 Å². The summed E-state index contributed by atoms with van der Waals surface area (Å²) in [6.07, 6.45) is 0. The predicted octanol–water partition coefficient (Wildman–Crippen LogP) is 13.4. The molecule has 0 spiro atoms. The Kier molecular flexibility index (Phi) is 5.98. The normalized spacial score (nSPS) is 11.8. The molecule has 0 saturated carbocycles. The molecule has 1 nitrogen and oxygen atoms in total. The molecule has 0 radical (unpaired) electrons. The Labute approximate surface area is 280 Å². The van der Waals surface area contributed by atoms with Gasteiger partial charge in [-0.2, -0.15) is 0 Å². The van der Waals surface area contributed by atoms with Gasteiger partial charge in [0.15, 0.2) is 0 Å². The Bertz CT molecular complexity index is 2760. The number of rotatable bonds is 4. The van der Waals surface area contributed by atoms with E-state index in [0.29, 0.717) is 0 Å². The van der Waals surface area contributed by atoms with Crippen LogP contribution in [-0.4, -0.2) is 4.57 Å². The number of hydrogen-bond donors (Lipinski definition) is 0. The van der Waals surface area contributed by atoms with Crippen molar-refractivity contribution in [2.45, 2.75) is 0 Å². The van der Waals surface area contributed by atoms with Gasteiger partial charge >= 0.3 is 0 Å². The minimum absolute atomic E-state index is 1.20. The lowest BCUT2D eigenvalue weighted by Gasteiger charge is -2.09. The van der Waals surface area contributed by atoms with Crippen molar-refractivity contribution in [3.05, 3.63) is 164 Å². The minimum atomic E-state index is 1.20. The van der Waals surface area contributed by atoms with Gasteiger partial charge < -0.3 is 4.57 Å². The standard InChI is InChI=1S/C44H27NS2/c1-3-11-29(12-4-1)34-17-9-18-37-41-33(16-10-20-39(41)46-43(34)37)30-23-21-28(22-24-30)31-25-26-36-40(27-31)47-44-35-15-7-8-19-38(35)45(42(36)44)32-13-5-2-6-14-32/h1-27H. The maximum atomic E-state index is 2.43. The predicted molar refractivity (Wildman–Crippen MR) is 205 cm³/mol. The van der Waals surface area contributed by atoms with E-state index in [1.165, 1.54) is 90.4 Å². The van der Waals surface area contributed by atoms with Crippen LogP contribution in [-0.2, 0) is 0 Å². The first-order valence-electron chi connectivity index (χ1n) is 15.9. The number of benzene rings is 7. The summed E-state index contributed by atoms with van der Waals surface area (Å²) in [5.41, 5.74) is 11.3. The number of aromatic nitrogens is 1. The van der Waals surface area contributed by atoms with E-state index in [0.717, 1.165) is 0 Å². The molecule has 0 aliphatic carbocycles. The average Bonchev–Trinajstić information content (AvgIpc) is 3.81. The maximum Gasteiger partial charge on any atom is 0.0727 e. The summed E-state index contributed by atoms with van der Waals surface area (Å²) in [6.45, 7) is 0. The minimum Gasteiger partial charge on any atom is -0.308 e. The largest absolute Gasteiger partial charge is 0.308 e. The molecule has 3 aromatic heterocycles. The fourth-order valence-corrected chi connectivity index (χ4v) is 9.79. The molecular weight excluding hydrogens is 607 g/mol. The van der Waals surface area contributed by atoms with Crippen molar-refractivity contribution < 1.29 is 0 Å². The molecule has 0 bridgehead atoms. The highest BCUT2D eigenvalue weighted by molar-refractivity contribution is 7.27. The van der Waals surface area contributed by atoms with Gasteiger partial charge in [-0.3, -0.25) is 0 Å². The molecule has 0 aliphatic rings. The Balaban J connectivity index is 1.07. The van der Waals surface area contributed by atoms with Crippen LogP contribution < -0.4 is 0 Å². The fourth-order valence-electron chi connectivity index (χ4n) is 7.27. The molecule has 0 aliphatic heterocycles.